The quantitative estimate of drug-likeness (QED) is 0.494. The number of aromatic nitrogens is 3. The number of nitrogens with zero attached hydrogens (tertiary/aromatic N) is 6. The van der Waals surface area contributed by atoms with E-state index in [0.29, 0.717) is 23.7 Å². The van der Waals surface area contributed by atoms with Gasteiger partial charge in [0.2, 0.25) is 5.95 Å². The highest BCUT2D eigenvalue weighted by Gasteiger charge is 2.29. The molecule has 38 heavy (non-hydrogen) atoms. The van der Waals surface area contributed by atoms with Gasteiger partial charge in [0.1, 0.15) is 5.82 Å². The molecule has 3 aromatic heterocycles. The van der Waals surface area contributed by atoms with Gasteiger partial charge < -0.3 is 19.9 Å². The molecule has 1 N–H and O–H groups in total. The lowest BCUT2D eigenvalue weighted by Gasteiger charge is -2.40. The lowest BCUT2D eigenvalue weighted by Crippen LogP contribution is -2.49. The third-order valence-electron chi connectivity index (χ3n) is 8.25. The molecule has 5 heterocycles. The summed E-state index contributed by atoms with van der Waals surface area (Å²) in [6.07, 6.45) is 12.7. The molecule has 3 aliphatic rings. The highest BCUT2D eigenvalue weighted by molar-refractivity contribution is 7.21. The maximum absolute atomic E-state index is 13.0. The highest BCUT2D eigenvalue weighted by Crippen LogP contribution is 2.44. The van der Waals surface area contributed by atoms with Crippen molar-refractivity contribution in [2.75, 3.05) is 63.7 Å². The van der Waals surface area contributed by atoms with Crippen molar-refractivity contribution in [1.82, 2.24) is 24.8 Å². The number of thiophene rings is 1. The number of amides is 1. The van der Waals surface area contributed by atoms with Crippen molar-refractivity contribution in [2.45, 2.75) is 50.5 Å². The van der Waals surface area contributed by atoms with Crippen LogP contribution in [0.4, 0.5) is 17.5 Å². The van der Waals surface area contributed by atoms with Crippen LogP contribution in [0.2, 0.25) is 0 Å². The number of pyridine rings is 1. The van der Waals surface area contributed by atoms with Crippen LogP contribution in [-0.2, 0) is 4.74 Å². The number of nitrogens with one attached hydrogen (secondary N) is 1. The number of rotatable bonds is 6. The minimum Gasteiger partial charge on any atom is -0.379 e. The van der Waals surface area contributed by atoms with Crippen molar-refractivity contribution < 1.29 is 9.53 Å². The zero-order chi connectivity index (χ0) is 26.1. The third-order valence-corrected chi connectivity index (χ3v) is 9.39. The van der Waals surface area contributed by atoms with Gasteiger partial charge in [-0.25, -0.2) is 15.0 Å². The molecule has 0 atom stereocenters. The molecule has 0 spiro atoms. The van der Waals surface area contributed by atoms with Gasteiger partial charge in [-0.2, -0.15) is 0 Å². The predicted octanol–water partition coefficient (Wildman–Crippen LogP) is 4.49. The zero-order valence-corrected chi connectivity index (χ0v) is 23.2. The van der Waals surface area contributed by atoms with Gasteiger partial charge in [-0.05, 0) is 43.2 Å². The van der Waals surface area contributed by atoms with Gasteiger partial charge in [0.05, 0.1) is 40.9 Å². The first kappa shape index (κ1) is 25.5. The summed E-state index contributed by atoms with van der Waals surface area (Å²) >= 11 is 1.56. The van der Waals surface area contributed by atoms with Gasteiger partial charge in [-0.3, -0.25) is 9.69 Å². The molecule has 10 heteroatoms. The van der Waals surface area contributed by atoms with Crippen LogP contribution in [0.15, 0.2) is 24.7 Å². The standard InChI is InChI=1S/C28H37N7O2S/c1-33(2)27(36)26-25(19-5-3-4-6-19)22-15-24(29-18-23(22)38-26)32-28-30-16-21(17-31-28)34-9-7-20(8-10-34)35-11-13-37-14-12-35/h15-20H,3-14H2,1-2H3,(H,29,30,31,32). The second-order valence-corrected chi connectivity index (χ2v) is 11.9. The summed E-state index contributed by atoms with van der Waals surface area (Å²) in [6, 6.07) is 2.72. The Morgan fingerprint density at radius 1 is 1.00 bits per heavy atom. The molecule has 6 rings (SSSR count). The van der Waals surface area contributed by atoms with Crippen molar-refractivity contribution in [1.29, 1.82) is 0 Å². The summed E-state index contributed by atoms with van der Waals surface area (Å²) in [5.74, 6) is 1.75. The fraction of sp³-hybridized carbons (Fsp3) is 0.571. The molecule has 3 aromatic rings. The number of morpholine rings is 1. The number of carbonyl (C=O) groups is 1. The summed E-state index contributed by atoms with van der Waals surface area (Å²) in [4.78, 5) is 34.3. The van der Waals surface area contributed by atoms with Gasteiger partial charge in [-0.15, -0.1) is 11.3 Å². The largest absolute Gasteiger partial charge is 0.379 e. The molecule has 2 aliphatic heterocycles. The molecule has 1 amide bonds. The first-order valence-electron chi connectivity index (χ1n) is 13.9. The first-order valence-corrected chi connectivity index (χ1v) is 14.7. The minimum absolute atomic E-state index is 0.0792. The molecule has 0 radical (unpaired) electrons. The molecule has 1 aliphatic carbocycles. The Morgan fingerprint density at radius 2 is 1.71 bits per heavy atom. The van der Waals surface area contributed by atoms with E-state index in [-0.39, 0.29) is 5.91 Å². The van der Waals surface area contributed by atoms with Crippen LogP contribution in [0, 0.1) is 0 Å². The Labute approximate surface area is 228 Å². The van der Waals surface area contributed by atoms with Crippen LogP contribution >= 0.6 is 11.3 Å². The number of fused-ring (bicyclic) bond motifs is 1. The molecule has 9 nitrogen and oxygen atoms in total. The van der Waals surface area contributed by atoms with E-state index in [1.54, 1.807) is 16.2 Å². The number of hydrogen-bond acceptors (Lipinski definition) is 9. The predicted molar refractivity (Wildman–Crippen MR) is 152 cm³/mol. The van der Waals surface area contributed by atoms with Crippen LogP contribution in [-0.4, -0.2) is 90.2 Å². The molecular formula is C28H37N7O2S. The SMILES string of the molecule is CN(C)C(=O)c1sc2cnc(Nc3ncc(N4CCC(N5CCOCC5)CC4)cn3)cc2c1C1CCCC1. The van der Waals surface area contributed by atoms with Crippen LogP contribution in [0.1, 0.15) is 59.7 Å². The summed E-state index contributed by atoms with van der Waals surface area (Å²) in [5.41, 5.74) is 2.26. The highest BCUT2D eigenvalue weighted by atomic mass is 32.1. The van der Waals surface area contributed by atoms with Crippen molar-refractivity contribution in [3.05, 3.63) is 35.1 Å². The van der Waals surface area contributed by atoms with E-state index < -0.39 is 0 Å². The molecule has 0 unspecified atom stereocenters. The molecule has 1 saturated carbocycles. The topological polar surface area (TPSA) is 86.7 Å². The van der Waals surface area contributed by atoms with Gasteiger partial charge in [-0.1, -0.05) is 12.8 Å². The summed E-state index contributed by atoms with van der Waals surface area (Å²) < 4.78 is 6.56. The molecule has 202 valence electrons. The van der Waals surface area contributed by atoms with Gasteiger partial charge in [0, 0.05) is 57.9 Å². The lowest BCUT2D eigenvalue weighted by atomic mass is 9.94. The van der Waals surface area contributed by atoms with Crippen LogP contribution in [0.5, 0.6) is 0 Å². The van der Waals surface area contributed by atoms with Gasteiger partial charge in [0.15, 0.2) is 0 Å². The van der Waals surface area contributed by atoms with Gasteiger partial charge >= 0.3 is 0 Å². The molecule has 0 bridgehead atoms. The van der Waals surface area contributed by atoms with Crippen molar-refractivity contribution in [3.63, 3.8) is 0 Å². The van der Waals surface area contributed by atoms with Crippen LogP contribution < -0.4 is 10.2 Å². The van der Waals surface area contributed by atoms with Crippen molar-refractivity contribution >= 4 is 44.8 Å². The number of ether oxygens (including phenoxy) is 1. The van der Waals surface area contributed by atoms with Crippen LogP contribution in [0.3, 0.4) is 0 Å². The Bertz CT molecular complexity index is 1260. The molecule has 0 aromatic carbocycles. The van der Waals surface area contributed by atoms with E-state index in [9.17, 15) is 4.79 Å². The fourth-order valence-corrected chi connectivity index (χ4v) is 7.43. The second kappa shape index (κ2) is 11.1. The maximum Gasteiger partial charge on any atom is 0.263 e. The Morgan fingerprint density at radius 3 is 2.39 bits per heavy atom. The normalized spacial score (nSPS) is 19.8. The van der Waals surface area contributed by atoms with E-state index in [4.69, 9.17) is 4.74 Å². The summed E-state index contributed by atoms with van der Waals surface area (Å²) in [7, 11) is 3.65. The smallest absolute Gasteiger partial charge is 0.263 e. The van der Waals surface area contributed by atoms with E-state index in [0.717, 1.165) is 85.7 Å². The zero-order valence-electron chi connectivity index (χ0n) is 22.4. The molecular weight excluding hydrogens is 498 g/mol. The second-order valence-electron chi connectivity index (χ2n) is 10.8. The number of anilines is 3. The Balaban J connectivity index is 1.16. The maximum atomic E-state index is 13.0. The number of hydrogen-bond donors (Lipinski definition) is 1. The van der Waals surface area contributed by atoms with Crippen molar-refractivity contribution in [3.8, 4) is 0 Å². The first-order chi connectivity index (χ1) is 18.6. The average molecular weight is 536 g/mol. The summed E-state index contributed by atoms with van der Waals surface area (Å²) in [5, 5.41) is 4.42. The van der Waals surface area contributed by atoms with E-state index in [2.05, 4.69) is 36.1 Å². The minimum atomic E-state index is 0.0792. The Hall–Kier alpha value is -2.82. The number of piperidine rings is 1. The third kappa shape index (κ3) is 5.21. The number of carbonyl (C=O) groups excluding carboxylic acids is 1. The summed E-state index contributed by atoms with van der Waals surface area (Å²) in [6.45, 7) is 5.85. The molecule has 3 fully saturated rings. The monoisotopic (exact) mass is 535 g/mol. The fourth-order valence-electron chi connectivity index (χ4n) is 6.17. The Kier molecular flexibility index (Phi) is 7.45. The van der Waals surface area contributed by atoms with E-state index in [1.807, 2.05) is 32.7 Å². The van der Waals surface area contributed by atoms with Crippen molar-refractivity contribution in [2.24, 2.45) is 0 Å². The average Bonchev–Trinajstić information content (AvgIpc) is 3.61. The molecule has 2 saturated heterocycles. The van der Waals surface area contributed by atoms with E-state index in [1.165, 1.54) is 18.4 Å². The van der Waals surface area contributed by atoms with Gasteiger partial charge in [0.25, 0.3) is 5.91 Å². The van der Waals surface area contributed by atoms with Crippen LogP contribution in [0.25, 0.3) is 10.1 Å². The van der Waals surface area contributed by atoms with E-state index >= 15 is 0 Å². The lowest BCUT2D eigenvalue weighted by molar-refractivity contribution is 0.0115.